The second kappa shape index (κ2) is 4.70. The molecule has 0 saturated carbocycles. The van der Waals surface area contributed by atoms with E-state index in [0.717, 1.165) is 5.37 Å². The van der Waals surface area contributed by atoms with Gasteiger partial charge in [-0.3, -0.25) is 0 Å². The third kappa shape index (κ3) is 2.68. The van der Waals surface area contributed by atoms with Gasteiger partial charge in [-0.15, -0.1) is 0 Å². The van der Waals surface area contributed by atoms with Crippen LogP contribution < -0.4 is 5.73 Å². The molecule has 0 aromatic heterocycles. The van der Waals surface area contributed by atoms with E-state index in [0.29, 0.717) is 0 Å². The SMILES string of the molecule is N[C@@H](C=S)[C@H](O)[C@@H](O)CO. The molecule has 0 rings (SSSR count). The lowest BCUT2D eigenvalue weighted by molar-refractivity contribution is -0.0157. The zero-order valence-electron chi connectivity index (χ0n) is 5.34. The molecule has 0 aromatic rings. The van der Waals surface area contributed by atoms with E-state index in [9.17, 15) is 0 Å². The van der Waals surface area contributed by atoms with Crippen LogP contribution in [0, 0.1) is 0 Å². The molecule has 0 bridgehead atoms. The predicted molar refractivity (Wildman–Crippen MR) is 40.7 cm³/mol. The Morgan fingerprint density at radius 2 is 2.00 bits per heavy atom. The van der Waals surface area contributed by atoms with Gasteiger partial charge in [-0.1, -0.05) is 12.2 Å². The molecule has 5 N–H and O–H groups in total. The second-order valence-corrected chi connectivity index (χ2v) is 2.23. The molecule has 0 amide bonds. The zero-order valence-corrected chi connectivity index (χ0v) is 6.16. The molecule has 0 spiro atoms. The fourth-order valence-corrected chi connectivity index (χ4v) is 0.606. The van der Waals surface area contributed by atoms with Gasteiger partial charge in [-0.2, -0.15) is 0 Å². The first-order chi connectivity index (χ1) is 4.63. The third-order valence-corrected chi connectivity index (χ3v) is 1.45. The summed E-state index contributed by atoms with van der Waals surface area (Å²) in [5.74, 6) is 0. The highest BCUT2D eigenvalue weighted by atomic mass is 32.1. The van der Waals surface area contributed by atoms with Crippen LogP contribution in [-0.4, -0.2) is 45.5 Å². The molecular formula is C5H11NO3S. The number of hydrogen-bond donors (Lipinski definition) is 4. The maximum Gasteiger partial charge on any atom is 0.105 e. The fourth-order valence-electron chi connectivity index (χ4n) is 0.445. The topological polar surface area (TPSA) is 86.7 Å². The lowest BCUT2D eigenvalue weighted by atomic mass is 10.1. The Bertz CT molecular complexity index is 111. The van der Waals surface area contributed by atoms with Crippen LogP contribution in [0.5, 0.6) is 0 Å². The molecule has 3 atom stereocenters. The first kappa shape index (κ1) is 9.93. The van der Waals surface area contributed by atoms with Gasteiger partial charge >= 0.3 is 0 Å². The van der Waals surface area contributed by atoms with E-state index in [1.54, 1.807) is 0 Å². The highest BCUT2D eigenvalue weighted by Gasteiger charge is 2.20. The van der Waals surface area contributed by atoms with Gasteiger partial charge in [-0.05, 0) is 5.37 Å². The van der Waals surface area contributed by atoms with E-state index < -0.39 is 24.9 Å². The average Bonchev–Trinajstić information content (AvgIpc) is 2.00. The predicted octanol–water partition coefficient (Wildman–Crippen LogP) is -1.97. The number of nitrogens with two attached hydrogens (primary N) is 1. The third-order valence-electron chi connectivity index (χ3n) is 1.13. The average molecular weight is 165 g/mol. The fraction of sp³-hybridized carbons (Fsp3) is 0.800. The smallest absolute Gasteiger partial charge is 0.105 e. The first-order valence-electron chi connectivity index (χ1n) is 2.81. The maximum atomic E-state index is 8.95. The van der Waals surface area contributed by atoms with Gasteiger partial charge < -0.3 is 21.1 Å². The molecule has 60 valence electrons. The Morgan fingerprint density at radius 1 is 1.50 bits per heavy atom. The van der Waals surface area contributed by atoms with Crippen molar-refractivity contribution in [2.24, 2.45) is 5.73 Å². The van der Waals surface area contributed by atoms with Crippen LogP contribution in [0.25, 0.3) is 0 Å². The van der Waals surface area contributed by atoms with E-state index in [-0.39, 0.29) is 0 Å². The van der Waals surface area contributed by atoms with E-state index >= 15 is 0 Å². The summed E-state index contributed by atoms with van der Waals surface area (Å²) in [7, 11) is 0. The van der Waals surface area contributed by atoms with Gasteiger partial charge in [0.2, 0.25) is 0 Å². The van der Waals surface area contributed by atoms with Gasteiger partial charge in [0.25, 0.3) is 0 Å². The van der Waals surface area contributed by atoms with E-state index in [2.05, 4.69) is 12.2 Å². The van der Waals surface area contributed by atoms with Crippen LogP contribution >= 0.6 is 12.2 Å². The van der Waals surface area contributed by atoms with Crippen molar-refractivity contribution in [1.29, 1.82) is 0 Å². The van der Waals surface area contributed by atoms with Crippen molar-refractivity contribution in [3.8, 4) is 0 Å². The Hall–Kier alpha value is -0.0700. The van der Waals surface area contributed by atoms with Crippen LogP contribution in [0.2, 0.25) is 0 Å². The van der Waals surface area contributed by atoms with Crippen LogP contribution in [-0.2, 0) is 0 Å². The molecule has 4 nitrogen and oxygen atoms in total. The number of aliphatic hydroxyl groups is 3. The van der Waals surface area contributed by atoms with Crippen LogP contribution in [0.15, 0.2) is 0 Å². The summed E-state index contributed by atoms with van der Waals surface area (Å²) in [5, 5.41) is 27.2. The van der Waals surface area contributed by atoms with E-state index in [1.165, 1.54) is 0 Å². The largest absolute Gasteiger partial charge is 0.394 e. The van der Waals surface area contributed by atoms with Crippen LogP contribution in [0.4, 0.5) is 0 Å². The highest BCUT2D eigenvalue weighted by Crippen LogP contribution is 1.94. The van der Waals surface area contributed by atoms with Gasteiger partial charge in [-0.25, -0.2) is 0 Å². The van der Waals surface area contributed by atoms with Gasteiger partial charge in [0.05, 0.1) is 12.6 Å². The normalized spacial score (nSPS) is 19.6. The molecule has 0 aliphatic carbocycles. The second-order valence-electron chi connectivity index (χ2n) is 1.95. The number of rotatable bonds is 4. The molecule has 0 fully saturated rings. The highest BCUT2D eigenvalue weighted by molar-refractivity contribution is 7.79. The Labute approximate surface area is 64.3 Å². The van der Waals surface area contributed by atoms with Gasteiger partial charge in [0, 0.05) is 0 Å². The summed E-state index contributed by atoms with van der Waals surface area (Å²) in [4.78, 5) is 0. The minimum Gasteiger partial charge on any atom is -0.394 e. The Morgan fingerprint density at radius 3 is 2.30 bits per heavy atom. The lowest BCUT2D eigenvalue weighted by Gasteiger charge is -2.18. The van der Waals surface area contributed by atoms with Crippen molar-refractivity contribution in [3.63, 3.8) is 0 Å². The summed E-state index contributed by atoms with van der Waals surface area (Å²) >= 11 is 4.42. The molecule has 0 aliphatic heterocycles. The standard InChI is InChI=1S/C5H11NO3S/c6-3(2-10)5(9)4(8)1-7/h2-5,7-9H,1,6H2/t3-,4-,5-/m0/s1. The minimum atomic E-state index is -1.21. The van der Waals surface area contributed by atoms with Gasteiger partial charge in [0.1, 0.15) is 12.2 Å². The molecule has 0 aromatic carbocycles. The summed E-state index contributed by atoms with van der Waals surface area (Å²) < 4.78 is 0. The van der Waals surface area contributed by atoms with Crippen molar-refractivity contribution in [2.75, 3.05) is 6.61 Å². The van der Waals surface area contributed by atoms with Crippen molar-refractivity contribution in [1.82, 2.24) is 0 Å². The molecule has 0 radical (unpaired) electrons. The zero-order chi connectivity index (χ0) is 8.15. The van der Waals surface area contributed by atoms with Crippen molar-refractivity contribution in [2.45, 2.75) is 18.2 Å². The number of aliphatic hydroxyl groups excluding tert-OH is 3. The maximum absolute atomic E-state index is 8.95. The molecule has 0 aliphatic rings. The summed E-state index contributed by atoms with van der Waals surface area (Å²) in [6.45, 7) is -0.516. The lowest BCUT2D eigenvalue weighted by Crippen LogP contribution is -2.45. The molecule has 0 heterocycles. The monoisotopic (exact) mass is 165 g/mol. The van der Waals surface area contributed by atoms with Crippen molar-refractivity contribution in [3.05, 3.63) is 0 Å². The summed E-state index contributed by atoms with van der Waals surface area (Å²) in [6, 6.07) is -0.767. The molecule has 0 saturated heterocycles. The van der Waals surface area contributed by atoms with Crippen molar-refractivity contribution < 1.29 is 15.3 Å². The minimum absolute atomic E-state index is 0.516. The van der Waals surface area contributed by atoms with Crippen LogP contribution in [0.1, 0.15) is 0 Å². The molecule has 0 unspecified atom stereocenters. The van der Waals surface area contributed by atoms with E-state index in [1.807, 2.05) is 0 Å². The Balaban J connectivity index is 3.80. The molecule has 10 heavy (non-hydrogen) atoms. The molecule has 5 heteroatoms. The Kier molecular flexibility index (Phi) is 4.67. The number of thiocarbonyl (C=S) groups is 1. The van der Waals surface area contributed by atoms with E-state index in [4.69, 9.17) is 21.1 Å². The first-order valence-corrected chi connectivity index (χ1v) is 3.28. The summed E-state index contributed by atoms with van der Waals surface area (Å²) in [6.07, 6.45) is -2.39. The van der Waals surface area contributed by atoms with Crippen LogP contribution in [0.3, 0.4) is 0 Å². The number of hydrogen-bond acceptors (Lipinski definition) is 5. The quantitative estimate of drug-likeness (QED) is 0.363. The van der Waals surface area contributed by atoms with Crippen molar-refractivity contribution >= 4 is 17.6 Å². The molecular weight excluding hydrogens is 154 g/mol. The summed E-state index contributed by atoms with van der Waals surface area (Å²) in [5.41, 5.74) is 5.21. The van der Waals surface area contributed by atoms with Gasteiger partial charge in [0.15, 0.2) is 0 Å².